The molecule has 1 aromatic rings. The SMILES string of the molecule is CCC(C)C(NCC(Cc1ccc(O)cc1)NC(=O)C1CCCN1C(=O)C(CCCN=C(N)N)NC(=O)C(CCCN=C(N)N)NC(=O)OC(C)(C)C)C(=O)NC(CC(C)C)C(=O)O. The zero-order valence-corrected chi connectivity index (χ0v) is 38.5. The van der Waals surface area contributed by atoms with Crippen molar-refractivity contribution in [2.24, 2.45) is 44.8 Å². The quantitative estimate of drug-likeness (QED) is 0.0343. The minimum absolute atomic E-state index is 0.0190. The Hall–Kier alpha value is -5.86. The number of alkyl carbamates (subject to hydrolysis) is 1. The maximum atomic E-state index is 14.5. The van der Waals surface area contributed by atoms with Crippen LogP contribution in [-0.4, -0.2) is 131 Å². The summed E-state index contributed by atoms with van der Waals surface area (Å²) in [5.74, 6) is -3.68. The van der Waals surface area contributed by atoms with Crippen molar-refractivity contribution >= 4 is 47.6 Å². The maximum Gasteiger partial charge on any atom is 0.408 e. The van der Waals surface area contributed by atoms with Gasteiger partial charge in [-0.05, 0) is 102 Å². The zero-order valence-electron chi connectivity index (χ0n) is 38.5. The van der Waals surface area contributed by atoms with Crippen LogP contribution in [0.4, 0.5) is 4.79 Å². The van der Waals surface area contributed by atoms with Crippen LogP contribution in [0.15, 0.2) is 34.3 Å². The number of nitrogens with zero attached hydrogens (tertiary/aromatic N) is 3. The van der Waals surface area contributed by atoms with Crippen LogP contribution in [0.5, 0.6) is 5.75 Å². The molecule has 0 saturated carbocycles. The molecule has 0 spiro atoms. The van der Waals surface area contributed by atoms with Gasteiger partial charge in [0.05, 0.1) is 6.04 Å². The first-order valence-corrected chi connectivity index (χ1v) is 22.1. The molecular weight excluding hydrogens is 829 g/mol. The number of ether oxygens (including phenoxy) is 1. The highest BCUT2D eigenvalue weighted by molar-refractivity contribution is 5.94. The number of rotatable bonds is 26. The second-order valence-electron chi connectivity index (χ2n) is 17.7. The van der Waals surface area contributed by atoms with Gasteiger partial charge in [-0.25, -0.2) is 9.59 Å². The van der Waals surface area contributed by atoms with E-state index in [1.807, 2.05) is 27.7 Å². The first-order valence-electron chi connectivity index (χ1n) is 22.1. The summed E-state index contributed by atoms with van der Waals surface area (Å²) in [5, 5.41) is 34.2. The van der Waals surface area contributed by atoms with Crippen LogP contribution in [0.1, 0.15) is 105 Å². The minimum Gasteiger partial charge on any atom is -0.508 e. The molecule has 0 radical (unpaired) electrons. The van der Waals surface area contributed by atoms with Crippen LogP contribution in [0.2, 0.25) is 0 Å². The lowest BCUT2D eigenvalue weighted by molar-refractivity contribution is -0.142. The van der Waals surface area contributed by atoms with E-state index in [1.54, 1.807) is 32.9 Å². The van der Waals surface area contributed by atoms with E-state index in [9.17, 15) is 39.0 Å². The molecule has 64 heavy (non-hydrogen) atoms. The normalized spacial score (nSPS) is 16.6. The molecular formula is C43H74N12O9. The number of nitrogens with one attached hydrogen (secondary N) is 5. The van der Waals surface area contributed by atoms with Gasteiger partial charge in [-0.3, -0.25) is 29.2 Å². The summed E-state index contributed by atoms with van der Waals surface area (Å²) in [5.41, 5.74) is 21.9. The van der Waals surface area contributed by atoms with Gasteiger partial charge in [0.25, 0.3) is 0 Å². The highest BCUT2D eigenvalue weighted by Gasteiger charge is 2.39. The number of amides is 5. The lowest BCUT2D eigenvalue weighted by atomic mass is 9.96. The first kappa shape index (κ1) is 54.3. The predicted octanol–water partition coefficient (Wildman–Crippen LogP) is 0.516. The van der Waals surface area contributed by atoms with Crippen molar-refractivity contribution in [3.8, 4) is 5.75 Å². The molecule has 1 aliphatic rings. The van der Waals surface area contributed by atoms with Crippen LogP contribution in [0.25, 0.3) is 0 Å². The van der Waals surface area contributed by atoms with Crippen LogP contribution in [0, 0.1) is 11.8 Å². The van der Waals surface area contributed by atoms with E-state index in [0.29, 0.717) is 25.7 Å². The van der Waals surface area contributed by atoms with Gasteiger partial charge >= 0.3 is 12.1 Å². The number of phenols is 1. The third-order valence-corrected chi connectivity index (χ3v) is 10.5. The Balaban J connectivity index is 2.41. The summed E-state index contributed by atoms with van der Waals surface area (Å²) >= 11 is 0. The molecule has 15 N–H and O–H groups in total. The number of aliphatic carboxylic acids is 1. The van der Waals surface area contributed by atoms with Crippen molar-refractivity contribution in [3.05, 3.63) is 29.8 Å². The monoisotopic (exact) mass is 903 g/mol. The van der Waals surface area contributed by atoms with E-state index in [0.717, 1.165) is 5.56 Å². The molecule has 2 rings (SSSR count). The van der Waals surface area contributed by atoms with E-state index in [2.05, 4.69) is 36.6 Å². The third kappa shape index (κ3) is 20.1. The number of hydrogen-bond donors (Lipinski definition) is 11. The molecule has 7 atom stereocenters. The van der Waals surface area contributed by atoms with E-state index >= 15 is 0 Å². The van der Waals surface area contributed by atoms with Crippen molar-refractivity contribution in [1.82, 2.24) is 31.5 Å². The fraction of sp³-hybridized carbons (Fsp3) is 0.674. The Morgan fingerprint density at radius 3 is 1.95 bits per heavy atom. The molecule has 21 heteroatoms. The molecule has 0 bridgehead atoms. The largest absolute Gasteiger partial charge is 0.508 e. The molecule has 1 fully saturated rings. The smallest absolute Gasteiger partial charge is 0.408 e. The van der Waals surface area contributed by atoms with Gasteiger partial charge in [0, 0.05) is 32.2 Å². The lowest BCUT2D eigenvalue weighted by Crippen LogP contribution is -2.58. The Morgan fingerprint density at radius 1 is 0.844 bits per heavy atom. The fourth-order valence-electron chi connectivity index (χ4n) is 7.16. The van der Waals surface area contributed by atoms with Gasteiger partial charge in [0.2, 0.25) is 23.6 Å². The van der Waals surface area contributed by atoms with Crippen molar-refractivity contribution in [3.63, 3.8) is 0 Å². The molecule has 1 aromatic carbocycles. The first-order chi connectivity index (χ1) is 30.0. The summed E-state index contributed by atoms with van der Waals surface area (Å²) in [6, 6.07) is 0.737. The van der Waals surface area contributed by atoms with Gasteiger partial charge in [-0.15, -0.1) is 0 Å². The van der Waals surface area contributed by atoms with Gasteiger partial charge in [-0.1, -0.05) is 46.2 Å². The molecule has 1 aliphatic heterocycles. The summed E-state index contributed by atoms with van der Waals surface area (Å²) in [7, 11) is 0. The molecule has 1 heterocycles. The number of phenolic OH excluding ortho intramolecular Hbond substituents is 1. The molecule has 0 aliphatic carbocycles. The number of carboxylic acids is 1. The number of nitrogens with two attached hydrogens (primary N) is 4. The summed E-state index contributed by atoms with van der Waals surface area (Å²) in [6.07, 6.45) is 1.86. The number of guanidine groups is 2. The van der Waals surface area contributed by atoms with Crippen LogP contribution in [-0.2, 0) is 35.1 Å². The van der Waals surface area contributed by atoms with Crippen LogP contribution in [0.3, 0.4) is 0 Å². The molecule has 1 saturated heterocycles. The Morgan fingerprint density at radius 2 is 1.42 bits per heavy atom. The second-order valence-corrected chi connectivity index (χ2v) is 17.7. The summed E-state index contributed by atoms with van der Waals surface area (Å²) < 4.78 is 5.40. The maximum absolute atomic E-state index is 14.5. The number of benzene rings is 1. The van der Waals surface area contributed by atoms with Crippen LogP contribution < -0.4 is 49.5 Å². The molecule has 5 amide bonds. The standard InChI is InChI=1S/C43H74N12O9/c1-8-26(4)34(37(59)53-32(39(61)62)22-25(2)3)50-24-28(23-27-15-17-29(56)18-16-27)51-36(58)33-14-11-21-55(33)38(60)31(13-10-20-49-41(46)47)52-35(57)30(12-9-19-48-40(44)45)54-42(63)64-43(5,6)7/h15-18,25-26,28,30-34,50,56H,8-14,19-24H2,1-7H3,(H,51,58)(H,52,57)(H,53,59)(H,54,63)(H,61,62)(H4,44,45,48)(H4,46,47,49). The number of aromatic hydroxyl groups is 1. The van der Waals surface area contributed by atoms with Gasteiger partial charge < -0.3 is 69.4 Å². The lowest BCUT2D eigenvalue weighted by Gasteiger charge is -2.32. The predicted molar refractivity (Wildman–Crippen MR) is 244 cm³/mol. The highest BCUT2D eigenvalue weighted by atomic mass is 16.6. The van der Waals surface area contributed by atoms with Gasteiger partial charge in [0.1, 0.15) is 35.5 Å². The third-order valence-electron chi connectivity index (χ3n) is 10.5. The number of carbonyl (C=O) groups excluding carboxylic acids is 5. The highest BCUT2D eigenvalue weighted by Crippen LogP contribution is 2.21. The number of hydrogen-bond acceptors (Lipinski definition) is 11. The molecule has 21 nitrogen and oxygen atoms in total. The van der Waals surface area contributed by atoms with Gasteiger partial charge in [0.15, 0.2) is 11.9 Å². The van der Waals surface area contributed by atoms with E-state index in [4.69, 9.17) is 27.7 Å². The Kier molecular flexibility index (Phi) is 22.6. The van der Waals surface area contributed by atoms with Crippen molar-refractivity contribution < 1.29 is 43.7 Å². The molecule has 360 valence electrons. The number of aliphatic imine (C=N–C) groups is 2. The van der Waals surface area contributed by atoms with Crippen molar-refractivity contribution in [1.29, 1.82) is 0 Å². The Labute approximate surface area is 376 Å². The van der Waals surface area contributed by atoms with Crippen molar-refractivity contribution in [2.45, 2.75) is 148 Å². The topological polar surface area (TPSA) is 344 Å². The van der Waals surface area contributed by atoms with Crippen molar-refractivity contribution in [2.75, 3.05) is 26.2 Å². The second kappa shape index (κ2) is 26.7. The number of carbonyl (C=O) groups is 6. The van der Waals surface area contributed by atoms with E-state index < -0.39 is 77.5 Å². The molecule has 7 unspecified atom stereocenters. The Bertz CT molecular complexity index is 1740. The molecule has 0 aromatic heterocycles. The zero-order chi connectivity index (χ0) is 48.1. The van der Waals surface area contributed by atoms with Gasteiger partial charge in [-0.2, -0.15) is 0 Å². The number of likely N-dealkylation sites (tertiary alicyclic amines) is 1. The minimum atomic E-state index is -1.15. The summed E-state index contributed by atoms with van der Waals surface area (Å²) in [6.45, 7) is 13.2. The summed E-state index contributed by atoms with van der Waals surface area (Å²) in [4.78, 5) is 90.5. The number of carboxylic acid groups (broad SMARTS) is 1. The average Bonchev–Trinajstić information content (AvgIpc) is 3.69. The van der Waals surface area contributed by atoms with E-state index in [1.165, 1.54) is 17.0 Å². The fourth-order valence-corrected chi connectivity index (χ4v) is 7.16. The van der Waals surface area contributed by atoms with E-state index in [-0.39, 0.29) is 87.8 Å². The van der Waals surface area contributed by atoms with Crippen LogP contribution >= 0.6 is 0 Å². The average molecular weight is 903 g/mol.